The molecule has 0 fully saturated rings. The number of benzene rings is 2. The molecule has 0 aliphatic carbocycles. The lowest BCUT2D eigenvalue weighted by Gasteiger charge is -2.12. The number of nitrogens with two attached hydrogens (primary N) is 1. The first kappa shape index (κ1) is 25.0. The van der Waals surface area contributed by atoms with Gasteiger partial charge in [-0.2, -0.15) is 0 Å². The maximum Gasteiger partial charge on any atom is 0.342 e. The van der Waals surface area contributed by atoms with Crippen molar-refractivity contribution in [3.8, 4) is 17.2 Å². The minimum Gasteiger partial charge on any atom is -0.496 e. The number of primary sulfonamides is 1. The van der Waals surface area contributed by atoms with Crippen molar-refractivity contribution in [3.05, 3.63) is 71.0 Å². The molecular weight excluding hydrogens is 460 g/mol. The topological polar surface area (TPSA) is 127 Å². The summed E-state index contributed by atoms with van der Waals surface area (Å²) >= 11 is 0. The number of aryl methyl sites for hydroxylation is 1. The van der Waals surface area contributed by atoms with Crippen LogP contribution in [-0.2, 0) is 14.8 Å². The van der Waals surface area contributed by atoms with Crippen LogP contribution < -0.4 is 14.6 Å². The Morgan fingerprint density at radius 2 is 1.68 bits per heavy atom. The van der Waals surface area contributed by atoms with E-state index in [1.807, 2.05) is 42.7 Å². The Morgan fingerprint density at radius 1 is 1.00 bits per heavy atom. The van der Waals surface area contributed by atoms with Crippen LogP contribution in [0, 0.1) is 13.8 Å². The zero-order valence-corrected chi connectivity index (χ0v) is 20.1. The third kappa shape index (κ3) is 5.29. The number of Topliss-reactive ketones (excluding diaryl/α,β-unsaturated/α-hetero) is 1. The third-order valence-corrected chi connectivity index (χ3v) is 6.10. The van der Waals surface area contributed by atoms with Crippen molar-refractivity contribution in [1.29, 1.82) is 0 Å². The largest absolute Gasteiger partial charge is 0.496 e. The summed E-state index contributed by atoms with van der Waals surface area (Å²) in [4.78, 5) is 25.2. The van der Waals surface area contributed by atoms with E-state index in [0.717, 1.165) is 23.2 Å². The van der Waals surface area contributed by atoms with Gasteiger partial charge >= 0.3 is 5.97 Å². The van der Waals surface area contributed by atoms with Gasteiger partial charge in [0.2, 0.25) is 15.8 Å². The SMILES string of the molecule is CCOc1ccc(-n2c(C)cc(C(=O)COC(=O)c3cc(S(N)(=O)=O)ccc3OC)c2C)cc1. The number of carbonyl (C=O) groups is 2. The summed E-state index contributed by atoms with van der Waals surface area (Å²) in [5.41, 5.74) is 2.64. The minimum absolute atomic E-state index is 0.0959. The second-order valence-electron chi connectivity index (χ2n) is 7.45. The second kappa shape index (κ2) is 10.1. The van der Waals surface area contributed by atoms with Gasteiger partial charge in [0.05, 0.1) is 18.6 Å². The number of rotatable bonds is 9. The fourth-order valence-electron chi connectivity index (χ4n) is 3.61. The average Bonchev–Trinajstić information content (AvgIpc) is 3.10. The van der Waals surface area contributed by atoms with Crippen LogP contribution in [0.3, 0.4) is 0 Å². The van der Waals surface area contributed by atoms with Gasteiger partial charge in [-0.15, -0.1) is 0 Å². The van der Waals surface area contributed by atoms with Crippen molar-refractivity contribution in [2.45, 2.75) is 25.7 Å². The molecular formula is C24H26N2O7S. The first-order valence-electron chi connectivity index (χ1n) is 10.4. The summed E-state index contributed by atoms with van der Waals surface area (Å²) in [6, 6.07) is 12.8. The molecule has 180 valence electrons. The van der Waals surface area contributed by atoms with Gasteiger partial charge in [0, 0.05) is 22.6 Å². The van der Waals surface area contributed by atoms with E-state index in [0.29, 0.717) is 17.9 Å². The van der Waals surface area contributed by atoms with E-state index in [9.17, 15) is 18.0 Å². The van der Waals surface area contributed by atoms with Crippen LogP contribution in [0.15, 0.2) is 53.4 Å². The zero-order valence-electron chi connectivity index (χ0n) is 19.3. The molecule has 10 heteroatoms. The van der Waals surface area contributed by atoms with Gasteiger partial charge in [-0.05, 0) is 69.3 Å². The number of hydrogen-bond acceptors (Lipinski definition) is 7. The van der Waals surface area contributed by atoms with Crippen molar-refractivity contribution >= 4 is 21.8 Å². The Balaban J connectivity index is 1.80. The first-order valence-corrected chi connectivity index (χ1v) is 11.9. The van der Waals surface area contributed by atoms with Crippen LogP contribution in [0.2, 0.25) is 0 Å². The molecule has 1 aromatic heterocycles. The van der Waals surface area contributed by atoms with Crippen LogP contribution >= 0.6 is 0 Å². The Labute approximate surface area is 198 Å². The molecule has 1 heterocycles. The zero-order chi connectivity index (χ0) is 25.0. The predicted octanol–water partition coefficient (Wildman–Crippen LogP) is 3.19. The molecule has 0 radical (unpaired) electrons. The summed E-state index contributed by atoms with van der Waals surface area (Å²) in [5, 5.41) is 5.14. The molecule has 0 aliphatic rings. The molecule has 3 rings (SSSR count). The molecule has 0 amide bonds. The molecule has 3 aromatic rings. The first-order chi connectivity index (χ1) is 16.1. The van der Waals surface area contributed by atoms with E-state index < -0.39 is 28.4 Å². The summed E-state index contributed by atoms with van der Waals surface area (Å²) in [5.74, 6) is -0.464. The Kier molecular flexibility index (Phi) is 7.43. The molecule has 0 bridgehead atoms. The fourth-order valence-corrected chi connectivity index (χ4v) is 4.15. The molecule has 0 saturated heterocycles. The van der Waals surface area contributed by atoms with Gasteiger partial charge in [0.25, 0.3) is 0 Å². The molecule has 2 N–H and O–H groups in total. The molecule has 0 spiro atoms. The maximum absolute atomic E-state index is 12.9. The molecule has 0 aliphatic heterocycles. The highest BCUT2D eigenvalue weighted by Gasteiger charge is 2.22. The van der Waals surface area contributed by atoms with E-state index in [-0.39, 0.29) is 16.2 Å². The Morgan fingerprint density at radius 3 is 2.26 bits per heavy atom. The number of hydrogen-bond donors (Lipinski definition) is 1. The average molecular weight is 487 g/mol. The van der Waals surface area contributed by atoms with E-state index in [2.05, 4.69) is 0 Å². The van der Waals surface area contributed by atoms with E-state index in [1.54, 1.807) is 13.0 Å². The summed E-state index contributed by atoms with van der Waals surface area (Å²) in [6.07, 6.45) is 0. The summed E-state index contributed by atoms with van der Waals surface area (Å²) in [7, 11) is -2.72. The van der Waals surface area contributed by atoms with Crippen molar-refractivity contribution in [3.63, 3.8) is 0 Å². The number of aromatic nitrogens is 1. The molecule has 0 unspecified atom stereocenters. The van der Waals surface area contributed by atoms with Crippen LogP contribution in [0.5, 0.6) is 11.5 Å². The van der Waals surface area contributed by atoms with Crippen LogP contribution in [0.4, 0.5) is 0 Å². The number of ketones is 1. The lowest BCUT2D eigenvalue weighted by Crippen LogP contribution is -2.17. The minimum atomic E-state index is -4.04. The fraction of sp³-hybridized carbons (Fsp3) is 0.250. The Hall–Kier alpha value is -3.63. The third-order valence-electron chi connectivity index (χ3n) is 5.19. The monoisotopic (exact) mass is 486 g/mol. The van der Waals surface area contributed by atoms with E-state index in [1.165, 1.54) is 19.2 Å². The van der Waals surface area contributed by atoms with Gasteiger partial charge < -0.3 is 18.8 Å². The number of sulfonamides is 1. The predicted molar refractivity (Wildman–Crippen MR) is 125 cm³/mol. The maximum atomic E-state index is 12.9. The van der Waals surface area contributed by atoms with Crippen LogP contribution in [0.25, 0.3) is 5.69 Å². The summed E-state index contributed by atoms with van der Waals surface area (Å²) in [6.45, 7) is 5.62. The lowest BCUT2D eigenvalue weighted by atomic mass is 10.1. The second-order valence-corrected chi connectivity index (χ2v) is 9.01. The Bertz CT molecular complexity index is 1330. The number of carbonyl (C=O) groups excluding carboxylic acids is 2. The van der Waals surface area contributed by atoms with Crippen molar-refractivity contribution in [2.24, 2.45) is 5.14 Å². The van der Waals surface area contributed by atoms with E-state index in [4.69, 9.17) is 19.3 Å². The van der Waals surface area contributed by atoms with Crippen LogP contribution in [0.1, 0.15) is 39.0 Å². The normalized spacial score (nSPS) is 11.2. The van der Waals surface area contributed by atoms with Crippen molar-refractivity contribution in [1.82, 2.24) is 4.57 Å². The van der Waals surface area contributed by atoms with Crippen LogP contribution in [-0.4, -0.2) is 45.1 Å². The summed E-state index contributed by atoms with van der Waals surface area (Å²) < 4.78 is 40.9. The van der Waals surface area contributed by atoms with Gasteiger partial charge in [-0.3, -0.25) is 4.79 Å². The van der Waals surface area contributed by atoms with Gasteiger partial charge in [-0.1, -0.05) is 0 Å². The highest BCUT2D eigenvalue weighted by Crippen LogP contribution is 2.25. The van der Waals surface area contributed by atoms with Gasteiger partial charge in [0.15, 0.2) is 6.61 Å². The van der Waals surface area contributed by atoms with E-state index >= 15 is 0 Å². The molecule has 34 heavy (non-hydrogen) atoms. The molecule has 2 aromatic carbocycles. The lowest BCUT2D eigenvalue weighted by molar-refractivity contribution is 0.0471. The highest BCUT2D eigenvalue weighted by atomic mass is 32.2. The number of esters is 1. The molecule has 9 nitrogen and oxygen atoms in total. The quantitative estimate of drug-likeness (QED) is 0.363. The standard InChI is InChI=1S/C24H26N2O7S/c1-5-32-18-8-6-17(7-9-18)26-15(2)12-20(16(26)3)22(27)14-33-24(28)21-13-19(34(25,29)30)10-11-23(21)31-4/h6-13H,5,14H2,1-4H3,(H2,25,29,30). The number of nitrogens with zero attached hydrogens (tertiary/aromatic N) is 1. The van der Waals surface area contributed by atoms with Crippen molar-refractivity contribution in [2.75, 3.05) is 20.3 Å². The van der Waals surface area contributed by atoms with Crippen molar-refractivity contribution < 1.29 is 32.2 Å². The van der Waals surface area contributed by atoms with Gasteiger partial charge in [0.1, 0.15) is 17.1 Å². The number of ether oxygens (including phenoxy) is 3. The van der Waals surface area contributed by atoms with Gasteiger partial charge in [-0.25, -0.2) is 18.4 Å². The molecule has 0 atom stereocenters. The number of methoxy groups -OCH3 is 1. The highest BCUT2D eigenvalue weighted by molar-refractivity contribution is 7.89. The molecule has 0 saturated carbocycles. The smallest absolute Gasteiger partial charge is 0.342 e.